The Balaban J connectivity index is 1.55. The van der Waals surface area contributed by atoms with Crippen molar-refractivity contribution in [3.05, 3.63) is 147 Å². The minimum absolute atomic E-state index is 0.0622. The molecule has 4 aromatic rings. The van der Waals surface area contributed by atoms with Gasteiger partial charge in [0.1, 0.15) is 0 Å². The van der Waals surface area contributed by atoms with E-state index >= 15 is 0 Å². The number of nitrogens with zero attached hydrogens (tertiary/aromatic N) is 2. The number of hydrogen-bond donors (Lipinski definition) is 0. The fraction of sp³-hybridized carbons (Fsp3) is 0.222. The molecule has 0 radical (unpaired) electrons. The molecule has 0 N–H and O–H groups in total. The van der Waals surface area contributed by atoms with Crippen molar-refractivity contribution in [3.63, 3.8) is 0 Å². The molecule has 1 aliphatic heterocycles. The van der Waals surface area contributed by atoms with Gasteiger partial charge in [0.25, 0.3) is 0 Å². The summed E-state index contributed by atoms with van der Waals surface area (Å²) < 4.78 is -0.285. The molecule has 4 aromatic carbocycles. The van der Waals surface area contributed by atoms with Crippen molar-refractivity contribution in [2.45, 2.75) is 50.8 Å². The van der Waals surface area contributed by atoms with Crippen LogP contribution in [0.5, 0.6) is 0 Å². The maximum atomic E-state index is 7.96. The second kappa shape index (κ2) is 10.8. The molecular formula is C36H36Cl2N2Ru-2. The molecule has 6 rings (SSSR count). The van der Waals surface area contributed by atoms with E-state index in [2.05, 4.69) is 149 Å². The third-order valence-corrected chi connectivity index (χ3v) is 16.1. The molecule has 1 heterocycles. The standard InChI is InChI=1S/C21H25N2.C15H11.2ClH.Ru/c1-14-9-16(3)20(17(4)10-14)22-7-8-23(13-22)21-18(5)11-15(2)12-19(21)6;1-2-6-12(7-3-1)15-11-10-13-8-4-5-9-14(13)15;;;/h7-13H,1-6H3;1-11H;2*1H;/p-2. The van der Waals surface area contributed by atoms with Crippen LogP contribution in [0.15, 0.2) is 97.3 Å². The number of fused-ring (bicyclic) bond motifs is 1. The van der Waals surface area contributed by atoms with E-state index in [1.807, 2.05) is 0 Å². The van der Waals surface area contributed by atoms with Gasteiger partial charge in [0, 0.05) is 0 Å². The maximum absolute atomic E-state index is 7.96. The van der Waals surface area contributed by atoms with E-state index in [-0.39, 0.29) is 9.27 Å². The summed E-state index contributed by atoms with van der Waals surface area (Å²) in [7, 11) is 15.9. The van der Waals surface area contributed by atoms with Crippen molar-refractivity contribution in [2.75, 3.05) is 9.80 Å². The molecule has 2 aliphatic rings. The first-order valence-electron chi connectivity index (χ1n) is 13.9. The van der Waals surface area contributed by atoms with Gasteiger partial charge >= 0.3 is 257 Å². The fourth-order valence-corrected chi connectivity index (χ4v) is 14.4. The predicted molar refractivity (Wildman–Crippen MR) is 174 cm³/mol. The Labute approximate surface area is 255 Å². The van der Waals surface area contributed by atoms with E-state index in [9.17, 15) is 0 Å². The molecule has 2 nitrogen and oxygen atoms in total. The van der Waals surface area contributed by atoms with Crippen molar-refractivity contribution < 1.29 is 12.8 Å². The summed E-state index contributed by atoms with van der Waals surface area (Å²) in [6.45, 7) is 13.1. The first-order valence-corrected chi connectivity index (χ1v) is 20.4. The van der Waals surface area contributed by atoms with Gasteiger partial charge in [-0.1, -0.05) is 0 Å². The average molecular weight is 669 g/mol. The molecular weight excluding hydrogens is 632 g/mol. The molecule has 0 amide bonds. The third-order valence-electron chi connectivity index (χ3n) is 8.09. The van der Waals surface area contributed by atoms with Crippen LogP contribution in [-0.2, 0) is 12.8 Å². The third kappa shape index (κ3) is 4.87. The van der Waals surface area contributed by atoms with Gasteiger partial charge in [0.2, 0.25) is 0 Å². The van der Waals surface area contributed by atoms with Crippen LogP contribution in [0.25, 0.3) is 5.57 Å². The second-order valence-electron chi connectivity index (χ2n) is 11.3. The summed E-state index contributed by atoms with van der Waals surface area (Å²) in [5, 5.41) is 0. The number of allylic oxidation sites excluding steroid dienone is 1. The topological polar surface area (TPSA) is 6.48 Å². The van der Waals surface area contributed by atoms with Crippen molar-refractivity contribution in [2.24, 2.45) is 0 Å². The Bertz CT molecular complexity index is 1590. The van der Waals surface area contributed by atoms with Crippen LogP contribution in [0.2, 0.25) is 0 Å². The fourth-order valence-electron chi connectivity index (χ4n) is 6.70. The van der Waals surface area contributed by atoms with Crippen LogP contribution in [-0.4, -0.2) is 4.76 Å². The Hall–Kier alpha value is -2.84. The Morgan fingerprint density at radius 2 is 1.07 bits per heavy atom. The van der Waals surface area contributed by atoms with E-state index in [0.29, 0.717) is 0 Å². The van der Waals surface area contributed by atoms with Gasteiger partial charge in [0.05, 0.1) is 0 Å². The molecule has 0 fully saturated rings. The number of anilines is 2. The number of halogens is 2. The summed E-state index contributed by atoms with van der Waals surface area (Å²) in [6.07, 6.45) is 6.73. The van der Waals surface area contributed by atoms with E-state index in [0.717, 1.165) is 0 Å². The van der Waals surface area contributed by atoms with Crippen LogP contribution >= 0.6 is 19.4 Å². The zero-order chi connectivity index (χ0) is 29.1. The molecule has 0 saturated heterocycles. The van der Waals surface area contributed by atoms with Gasteiger partial charge in [0.15, 0.2) is 0 Å². The normalized spacial score (nSPS) is 17.3. The summed E-state index contributed by atoms with van der Waals surface area (Å²) in [6, 6.07) is 28.3. The minimum atomic E-state index is -3.66. The summed E-state index contributed by atoms with van der Waals surface area (Å²) in [5.74, 6) is 0. The molecule has 0 aromatic heterocycles. The molecule has 41 heavy (non-hydrogen) atoms. The number of hydrogen-bond acceptors (Lipinski definition) is 2. The first-order chi connectivity index (χ1) is 19.6. The van der Waals surface area contributed by atoms with Crippen LogP contribution in [0, 0.1) is 41.5 Å². The van der Waals surface area contributed by atoms with E-state index in [4.69, 9.17) is 19.4 Å². The van der Waals surface area contributed by atoms with Gasteiger partial charge in [-0.15, -0.1) is 0 Å². The number of benzene rings is 4. The summed E-state index contributed by atoms with van der Waals surface area (Å²) >= 11 is -3.66. The van der Waals surface area contributed by atoms with Crippen molar-refractivity contribution >= 4 is 36.3 Å². The van der Waals surface area contributed by atoms with Crippen LogP contribution < -0.4 is 9.80 Å². The molecule has 0 bridgehead atoms. The number of rotatable bonds is 5. The van der Waals surface area contributed by atoms with Gasteiger partial charge in [-0.2, -0.15) is 0 Å². The van der Waals surface area contributed by atoms with Crippen LogP contribution in [0.1, 0.15) is 54.6 Å². The van der Waals surface area contributed by atoms with Gasteiger partial charge in [-0.25, -0.2) is 0 Å². The Kier molecular flexibility index (Phi) is 7.43. The molecule has 1 aliphatic carbocycles. The van der Waals surface area contributed by atoms with E-state index in [1.54, 1.807) is 0 Å². The number of aryl methyl sites for hydroxylation is 6. The SMILES string of the molecule is Cc1cc(C)c(N2C=CN(c3c(C)cc(C)cc3C)[CH]2[Ru-2]([Cl])([Cl])[CH]2C=C(c3ccccc3)c3ccccc32)c(C)c1. The zero-order valence-corrected chi connectivity index (χ0v) is 27.6. The quantitative estimate of drug-likeness (QED) is 0.195. The van der Waals surface area contributed by atoms with Crippen molar-refractivity contribution in [1.82, 2.24) is 0 Å². The van der Waals surface area contributed by atoms with Crippen molar-refractivity contribution in [3.8, 4) is 0 Å². The molecule has 0 spiro atoms. The van der Waals surface area contributed by atoms with Gasteiger partial charge < -0.3 is 0 Å². The molecule has 1 atom stereocenters. The first kappa shape index (κ1) is 28.3. The monoisotopic (exact) mass is 668 g/mol. The van der Waals surface area contributed by atoms with Crippen molar-refractivity contribution in [1.29, 1.82) is 0 Å². The van der Waals surface area contributed by atoms with Crippen LogP contribution in [0.3, 0.4) is 0 Å². The molecule has 0 saturated carbocycles. The Morgan fingerprint density at radius 3 is 1.59 bits per heavy atom. The molecule has 214 valence electrons. The summed E-state index contributed by atoms with van der Waals surface area (Å²) in [4.78, 5) is 4.73. The van der Waals surface area contributed by atoms with E-state index < -0.39 is 12.8 Å². The average Bonchev–Trinajstić information content (AvgIpc) is 3.51. The van der Waals surface area contributed by atoms with Gasteiger partial charge in [-0.05, 0) is 0 Å². The van der Waals surface area contributed by atoms with Gasteiger partial charge in [-0.3, -0.25) is 0 Å². The molecule has 5 heteroatoms. The summed E-state index contributed by atoms with van der Waals surface area (Å²) in [5.41, 5.74) is 14.7. The Morgan fingerprint density at radius 1 is 0.610 bits per heavy atom. The second-order valence-corrected chi connectivity index (χ2v) is 21.7. The predicted octanol–water partition coefficient (Wildman–Crippen LogP) is 10.3. The molecule has 1 unspecified atom stereocenters. The zero-order valence-electron chi connectivity index (χ0n) is 24.4. The van der Waals surface area contributed by atoms with Crippen LogP contribution in [0.4, 0.5) is 11.4 Å². The van der Waals surface area contributed by atoms with E-state index in [1.165, 1.54) is 67.0 Å².